The Hall–Kier alpha value is -3.19. The highest BCUT2D eigenvalue weighted by Crippen LogP contribution is 2.19. The number of carbonyl (C=O) groups excluding carboxylic acids is 1. The maximum Gasteiger partial charge on any atom is 0.322 e. The predicted octanol–water partition coefficient (Wildman–Crippen LogP) is 3.62. The molecule has 0 aliphatic carbocycles. The van der Waals surface area contributed by atoms with Crippen molar-refractivity contribution in [3.05, 3.63) is 74.8 Å². The van der Waals surface area contributed by atoms with Gasteiger partial charge in [0.05, 0.1) is 18.7 Å². The SMILES string of the molecule is Cc1cc(C)c2[nH]c(=O)c(CN(CCO)C(=O)Nc3ccc(F)cc3C)cc2c1. The average molecular weight is 397 g/mol. The molecular weight excluding hydrogens is 373 g/mol. The molecule has 0 aliphatic rings. The molecular formula is C22H24FN3O3. The number of anilines is 1. The number of aryl methyl sites for hydroxylation is 3. The molecule has 3 rings (SSSR count). The van der Waals surface area contributed by atoms with Gasteiger partial charge in [0, 0.05) is 17.8 Å². The summed E-state index contributed by atoms with van der Waals surface area (Å²) in [6.07, 6.45) is 0. The summed E-state index contributed by atoms with van der Waals surface area (Å²) in [4.78, 5) is 29.5. The Balaban J connectivity index is 1.89. The van der Waals surface area contributed by atoms with Crippen molar-refractivity contribution in [2.75, 3.05) is 18.5 Å². The molecule has 0 radical (unpaired) electrons. The molecule has 6 nitrogen and oxygen atoms in total. The van der Waals surface area contributed by atoms with Gasteiger partial charge in [-0.15, -0.1) is 0 Å². The zero-order chi connectivity index (χ0) is 21.1. The van der Waals surface area contributed by atoms with Crippen LogP contribution < -0.4 is 10.9 Å². The van der Waals surface area contributed by atoms with Crippen molar-refractivity contribution in [3.63, 3.8) is 0 Å². The first-order chi connectivity index (χ1) is 13.8. The molecule has 0 spiro atoms. The number of hydrogen-bond donors (Lipinski definition) is 3. The molecule has 3 aromatic rings. The van der Waals surface area contributed by atoms with E-state index in [1.807, 2.05) is 26.0 Å². The van der Waals surface area contributed by atoms with E-state index in [-0.39, 0.29) is 31.1 Å². The van der Waals surface area contributed by atoms with Crippen LogP contribution in [0.15, 0.2) is 41.2 Å². The van der Waals surface area contributed by atoms with Crippen LogP contribution >= 0.6 is 0 Å². The molecule has 0 unspecified atom stereocenters. The largest absolute Gasteiger partial charge is 0.395 e. The number of H-pyrrole nitrogens is 1. The quantitative estimate of drug-likeness (QED) is 0.615. The predicted molar refractivity (Wildman–Crippen MR) is 112 cm³/mol. The lowest BCUT2D eigenvalue weighted by Gasteiger charge is -2.23. The highest BCUT2D eigenvalue weighted by molar-refractivity contribution is 5.90. The number of amides is 2. The maximum absolute atomic E-state index is 13.3. The second kappa shape index (κ2) is 8.45. The number of nitrogens with one attached hydrogen (secondary N) is 2. The Morgan fingerprint density at radius 3 is 2.59 bits per heavy atom. The van der Waals surface area contributed by atoms with Gasteiger partial charge in [0.15, 0.2) is 0 Å². The normalized spacial score (nSPS) is 10.9. The summed E-state index contributed by atoms with van der Waals surface area (Å²) in [6.45, 7) is 5.43. The van der Waals surface area contributed by atoms with Gasteiger partial charge in [-0.2, -0.15) is 0 Å². The molecule has 0 aliphatic heterocycles. The standard InChI is InChI=1S/C22H24FN3O3/c1-13-8-15(3)20-16(9-13)11-17(21(28)25-20)12-26(6-7-27)22(29)24-19-5-4-18(23)10-14(19)2/h4-5,8-11,27H,6-7,12H2,1-3H3,(H,24,29)(H,25,28). The lowest BCUT2D eigenvalue weighted by molar-refractivity contribution is 0.185. The molecule has 1 aromatic heterocycles. The summed E-state index contributed by atoms with van der Waals surface area (Å²) in [7, 11) is 0. The van der Waals surface area contributed by atoms with Crippen LogP contribution in [-0.4, -0.2) is 34.2 Å². The van der Waals surface area contributed by atoms with Crippen LogP contribution in [0.25, 0.3) is 10.9 Å². The zero-order valence-corrected chi connectivity index (χ0v) is 16.7. The number of benzene rings is 2. The fourth-order valence-corrected chi connectivity index (χ4v) is 3.39. The molecule has 0 fully saturated rings. The molecule has 0 atom stereocenters. The minimum absolute atomic E-state index is 0.0326. The maximum atomic E-state index is 13.3. The van der Waals surface area contributed by atoms with E-state index in [0.717, 1.165) is 22.0 Å². The number of aromatic amines is 1. The van der Waals surface area contributed by atoms with Crippen molar-refractivity contribution in [1.82, 2.24) is 9.88 Å². The fraction of sp³-hybridized carbons (Fsp3) is 0.273. The van der Waals surface area contributed by atoms with Gasteiger partial charge >= 0.3 is 6.03 Å². The van der Waals surface area contributed by atoms with E-state index in [1.54, 1.807) is 13.0 Å². The number of nitrogens with zero attached hydrogens (tertiary/aromatic N) is 1. The number of halogens is 1. The van der Waals surface area contributed by atoms with E-state index in [4.69, 9.17) is 0 Å². The van der Waals surface area contributed by atoms with E-state index >= 15 is 0 Å². The van der Waals surface area contributed by atoms with Crippen LogP contribution in [0, 0.1) is 26.6 Å². The van der Waals surface area contributed by atoms with Crippen LogP contribution in [0.4, 0.5) is 14.9 Å². The minimum atomic E-state index is -0.478. The molecule has 0 bridgehead atoms. The summed E-state index contributed by atoms with van der Waals surface area (Å²) < 4.78 is 13.3. The van der Waals surface area contributed by atoms with Crippen LogP contribution in [0.5, 0.6) is 0 Å². The zero-order valence-electron chi connectivity index (χ0n) is 16.7. The van der Waals surface area contributed by atoms with Crippen molar-refractivity contribution >= 4 is 22.6 Å². The second-order valence-corrected chi connectivity index (χ2v) is 7.20. The third-order valence-corrected chi connectivity index (χ3v) is 4.82. The van der Waals surface area contributed by atoms with E-state index in [2.05, 4.69) is 10.3 Å². The van der Waals surface area contributed by atoms with Crippen molar-refractivity contribution < 1.29 is 14.3 Å². The number of pyridine rings is 1. The molecule has 2 amide bonds. The number of aromatic nitrogens is 1. The Morgan fingerprint density at radius 1 is 1.14 bits per heavy atom. The Bertz CT molecular complexity index is 1120. The minimum Gasteiger partial charge on any atom is -0.395 e. The van der Waals surface area contributed by atoms with Crippen LogP contribution in [0.1, 0.15) is 22.3 Å². The average Bonchev–Trinajstić information content (AvgIpc) is 2.64. The third kappa shape index (κ3) is 4.63. The lowest BCUT2D eigenvalue weighted by Crippen LogP contribution is -2.38. The highest BCUT2D eigenvalue weighted by atomic mass is 19.1. The van der Waals surface area contributed by atoms with Crippen molar-refractivity contribution in [3.8, 4) is 0 Å². The van der Waals surface area contributed by atoms with E-state index in [1.165, 1.54) is 23.1 Å². The number of hydrogen-bond acceptors (Lipinski definition) is 3. The number of carbonyl (C=O) groups is 1. The molecule has 0 saturated carbocycles. The Morgan fingerprint density at radius 2 is 1.90 bits per heavy atom. The monoisotopic (exact) mass is 397 g/mol. The molecule has 152 valence electrons. The smallest absolute Gasteiger partial charge is 0.322 e. The van der Waals surface area contributed by atoms with Crippen molar-refractivity contribution in [2.24, 2.45) is 0 Å². The van der Waals surface area contributed by atoms with Crippen molar-refractivity contribution in [2.45, 2.75) is 27.3 Å². The Kier molecular flexibility index (Phi) is 5.98. The molecule has 7 heteroatoms. The van der Waals surface area contributed by atoms with Gasteiger partial charge in [-0.1, -0.05) is 11.6 Å². The molecule has 29 heavy (non-hydrogen) atoms. The van der Waals surface area contributed by atoms with Crippen LogP contribution in [0.2, 0.25) is 0 Å². The van der Waals surface area contributed by atoms with Gasteiger partial charge < -0.3 is 20.3 Å². The molecule has 3 N–H and O–H groups in total. The summed E-state index contributed by atoms with van der Waals surface area (Å²) >= 11 is 0. The van der Waals surface area contributed by atoms with E-state index in [0.29, 0.717) is 16.8 Å². The topological polar surface area (TPSA) is 85.4 Å². The first kappa shape index (κ1) is 20.5. The summed E-state index contributed by atoms with van der Waals surface area (Å²) in [6, 6.07) is 9.33. The number of urea groups is 1. The first-order valence-electron chi connectivity index (χ1n) is 9.34. The van der Waals surface area contributed by atoms with Crippen molar-refractivity contribution in [1.29, 1.82) is 0 Å². The van der Waals surface area contributed by atoms with E-state index in [9.17, 15) is 19.1 Å². The molecule has 1 heterocycles. The fourth-order valence-electron chi connectivity index (χ4n) is 3.39. The van der Waals surface area contributed by atoms with Crippen LogP contribution in [-0.2, 0) is 6.54 Å². The summed E-state index contributed by atoms with van der Waals surface area (Å²) in [5.41, 5.74) is 4.00. The number of aliphatic hydroxyl groups is 1. The third-order valence-electron chi connectivity index (χ3n) is 4.82. The van der Waals surface area contributed by atoms with Gasteiger partial charge in [0.1, 0.15) is 5.82 Å². The van der Waals surface area contributed by atoms with Gasteiger partial charge in [0.2, 0.25) is 0 Å². The number of aliphatic hydroxyl groups excluding tert-OH is 1. The van der Waals surface area contributed by atoms with Gasteiger partial charge in [-0.05, 0) is 67.6 Å². The summed E-state index contributed by atoms with van der Waals surface area (Å²) in [5.74, 6) is -0.388. The highest BCUT2D eigenvalue weighted by Gasteiger charge is 2.17. The van der Waals surface area contributed by atoms with E-state index < -0.39 is 6.03 Å². The van der Waals surface area contributed by atoms with Gasteiger partial charge in [-0.25, -0.2) is 9.18 Å². The first-order valence-corrected chi connectivity index (χ1v) is 9.34. The second-order valence-electron chi connectivity index (χ2n) is 7.20. The van der Waals surface area contributed by atoms with Gasteiger partial charge in [0.25, 0.3) is 5.56 Å². The van der Waals surface area contributed by atoms with Gasteiger partial charge in [-0.3, -0.25) is 4.79 Å². The number of rotatable bonds is 5. The Labute approximate surface area is 168 Å². The number of fused-ring (bicyclic) bond motifs is 1. The lowest BCUT2D eigenvalue weighted by atomic mass is 10.1. The van der Waals surface area contributed by atoms with Crippen LogP contribution in [0.3, 0.4) is 0 Å². The molecule has 0 saturated heterocycles. The summed E-state index contributed by atoms with van der Waals surface area (Å²) in [5, 5.41) is 13.0. The molecule has 2 aromatic carbocycles.